The summed E-state index contributed by atoms with van der Waals surface area (Å²) in [5.41, 5.74) is 0. The predicted octanol–water partition coefficient (Wildman–Crippen LogP) is 1.60. The summed E-state index contributed by atoms with van der Waals surface area (Å²) in [5.74, 6) is 0. The zero-order chi connectivity index (χ0) is 8.41. The molecule has 0 aliphatic heterocycles. The summed E-state index contributed by atoms with van der Waals surface area (Å²) in [6.07, 6.45) is -0.255. The van der Waals surface area contributed by atoms with Gasteiger partial charge in [0, 0.05) is 0 Å². The molecule has 0 aromatic carbocycles. The minimum absolute atomic E-state index is 0.293. The highest BCUT2D eigenvalue weighted by Gasteiger charge is 1.90. The normalized spacial score (nSPS) is 6.40. The number of rotatable bonds is 3. The van der Waals surface area contributed by atoms with Gasteiger partial charge in [-0.25, -0.2) is 4.79 Å². The summed E-state index contributed by atoms with van der Waals surface area (Å²) < 4.78 is 8.21. The van der Waals surface area contributed by atoms with Gasteiger partial charge in [0.2, 0.25) is 6.79 Å². The highest BCUT2D eigenvalue weighted by atomic mass is 16.7. The van der Waals surface area contributed by atoms with Gasteiger partial charge in [-0.15, -0.1) is 13.2 Å². The second-order valence-electron chi connectivity index (χ2n) is 0.861. The second-order valence-corrected chi connectivity index (χ2v) is 0.861. The van der Waals surface area contributed by atoms with Crippen molar-refractivity contribution in [1.29, 1.82) is 0 Å². The molecule has 1 N–H and O–H groups in total. The second kappa shape index (κ2) is 10.5. The van der Waals surface area contributed by atoms with Gasteiger partial charge < -0.3 is 14.6 Å². The Balaban J connectivity index is 0. The van der Waals surface area contributed by atoms with Crippen LogP contribution < -0.4 is 0 Å². The molecule has 0 aromatic rings. The van der Waals surface area contributed by atoms with E-state index in [1.165, 1.54) is 0 Å². The first-order valence-electron chi connectivity index (χ1n) is 2.35. The zero-order valence-corrected chi connectivity index (χ0v) is 5.58. The molecule has 4 nitrogen and oxygen atoms in total. The quantitative estimate of drug-likeness (QED) is 0.216. The van der Waals surface area contributed by atoms with E-state index in [1.807, 2.05) is 0 Å². The lowest BCUT2D eigenvalue weighted by Crippen LogP contribution is -2.01. The van der Waals surface area contributed by atoms with Gasteiger partial charge in [0.05, 0.1) is 6.26 Å². The third-order valence-electron chi connectivity index (χ3n) is 0.368. The molecule has 0 atom stereocenters. The van der Waals surface area contributed by atoms with Gasteiger partial charge in [-0.3, -0.25) is 0 Å². The summed E-state index contributed by atoms with van der Waals surface area (Å²) in [4.78, 5) is 9.54. The lowest BCUT2D eigenvalue weighted by atomic mass is 11.1. The summed E-state index contributed by atoms with van der Waals surface area (Å²) in [5, 5.41) is 7.80. The molecule has 0 unspecified atom stereocenters. The van der Waals surface area contributed by atoms with Crippen LogP contribution in [0.1, 0.15) is 0 Å². The molecule has 0 rings (SSSR count). The lowest BCUT2D eigenvalue weighted by molar-refractivity contribution is 0.00544. The molecular weight excluding hydrogens is 136 g/mol. The van der Waals surface area contributed by atoms with Gasteiger partial charge in [0.1, 0.15) is 0 Å². The smallest absolute Gasteiger partial charge is 0.465 e. The van der Waals surface area contributed by atoms with Crippen LogP contribution in [0.4, 0.5) is 4.79 Å². The summed E-state index contributed by atoms with van der Waals surface area (Å²) >= 11 is 0. The molecule has 0 fully saturated rings. The van der Waals surface area contributed by atoms with Crippen LogP contribution in [0.2, 0.25) is 0 Å². The van der Waals surface area contributed by atoms with E-state index < -0.39 is 6.16 Å². The van der Waals surface area contributed by atoms with Gasteiger partial charge in [-0.2, -0.15) is 0 Å². The molecule has 0 aromatic heterocycles. The van der Waals surface area contributed by atoms with E-state index in [0.29, 0.717) is 0 Å². The summed E-state index contributed by atoms with van der Waals surface area (Å²) in [6.45, 7) is 8.87. The molecule has 0 amide bonds. The Morgan fingerprint density at radius 2 is 2.10 bits per heavy atom. The Labute approximate surface area is 59.4 Å². The van der Waals surface area contributed by atoms with E-state index >= 15 is 0 Å². The number of ether oxygens (including phenoxy) is 2. The SMILES string of the molecule is C=C.C=COCOC(=O)O. The first kappa shape index (κ1) is 11.4. The highest BCUT2D eigenvalue weighted by Crippen LogP contribution is 1.77. The van der Waals surface area contributed by atoms with E-state index in [1.54, 1.807) is 0 Å². The van der Waals surface area contributed by atoms with Crippen molar-refractivity contribution in [2.75, 3.05) is 6.79 Å². The average Bonchev–Trinajstić information content (AvgIpc) is 1.92. The van der Waals surface area contributed by atoms with Crippen LogP contribution in [-0.2, 0) is 9.47 Å². The first-order chi connectivity index (χ1) is 4.77. The molecule has 4 heteroatoms. The maximum Gasteiger partial charge on any atom is 0.508 e. The zero-order valence-electron chi connectivity index (χ0n) is 5.58. The molecule has 0 spiro atoms. The number of hydrogen-bond acceptors (Lipinski definition) is 3. The highest BCUT2D eigenvalue weighted by molar-refractivity contribution is 5.56. The van der Waals surface area contributed by atoms with Gasteiger partial charge in [-0.1, -0.05) is 6.58 Å². The van der Waals surface area contributed by atoms with E-state index in [9.17, 15) is 4.79 Å². The van der Waals surface area contributed by atoms with Gasteiger partial charge >= 0.3 is 6.16 Å². The first-order valence-corrected chi connectivity index (χ1v) is 2.35. The van der Waals surface area contributed by atoms with Crippen molar-refractivity contribution in [3.8, 4) is 0 Å². The lowest BCUT2D eigenvalue weighted by Gasteiger charge is -1.95. The average molecular weight is 146 g/mol. The monoisotopic (exact) mass is 146 g/mol. The minimum Gasteiger partial charge on any atom is -0.465 e. The van der Waals surface area contributed by atoms with E-state index in [4.69, 9.17) is 5.11 Å². The fourth-order valence-electron chi connectivity index (χ4n) is 0.133. The topological polar surface area (TPSA) is 55.8 Å². The third-order valence-corrected chi connectivity index (χ3v) is 0.368. The fraction of sp³-hybridized carbons (Fsp3) is 0.167. The molecule has 0 saturated heterocycles. The molecule has 0 bridgehead atoms. The largest absolute Gasteiger partial charge is 0.508 e. The van der Waals surface area contributed by atoms with Crippen molar-refractivity contribution in [1.82, 2.24) is 0 Å². The third kappa shape index (κ3) is 16.0. The molecule has 0 aliphatic rings. The van der Waals surface area contributed by atoms with Gasteiger partial charge in [0.15, 0.2) is 0 Å². The Morgan fingerprint density at radius 1 is 1.60 bits per heavy atom. The van der Waals surface area contributed by atoms with E-state index in [0.717, 1.165) is 6.26 Å². The van der Waals surface area contributed by atoms with Gasteiger partial charge in [0.25, 0.3) is 0 Å². The fourth-order valence-corrected chi connectivity index (χ4v) is 0.133. The Kier molecular flexibility index (Phi) is 11.9. The van der Waals surface area contributed by atoms with Crippen LogP contribution in [-0.4, -0.2) is 18.1 Å². The Hall–Kier alpha value is -1.45. The maximum absolute atomic E-state index is 9.54. The summed E-state index contributed by atoms with van der Waals surface area (Å²) in [7, 11) is 0. The van der Waals surface area contributed by atoms with Crippen LogP contribution in [0.15, 0.2) is 26.0 Å². The van der Waals surface area contributed by atoms with Crippen molar-refractivity contribution >= 4 is 6.16 Å². The van der Waals surface area contributed by atoms with Crippen LogP contribution in [0.3, 0.4) is 0 Å². The summed E-state index contributed by atoms with van der Waals surface area (Å²) in [6, 6.07) is 0. The Morgan fingerprint density at radius 3 is 2.40 bits per heavy atom. The molecule has 58 valence electrons. The number of carbonyl (C=O) groups is 1. The van der Waals surface area contributed by atoms with Crippen LogP contribution >= 0.6 is 0 Å². The maximum atomic E-state index is 9.54. The van der Waals surface area contributed by atoms with Crippen molar-refractivity contribution in [2.24, 2.45) is 0 Å². The minimum atomic E-state index is -1.35. The number of hydrogen-bond donors (Lipinski definition) is 1. The van der Waals surface area contributed by atoms with Crippen LogP contribution in [0, 0.1) is 0 Å². The predicted molar refractivity (Wildman–Crippen MR) is 36.5 cm³/mol. The van der Waals surface area contributed by atoms with Crippen LogP contribution in [0.25, 0.3) is 0 Å². The van der Waals surface area contributed by atoms with E-state index in [2.05, 4.69) is 29.2 Å². The van der Waals surface area contributed by atoms with E-state index in [-0.39, 0.29) is 6.79 Å². The number of carboxylic acid groups (broad SMARTS) is 1. The Bertz CT molecular complexity index is 99.9. The molecule has 0 radical (unpaired) electrons. The molecule has 0 aliphatic carbocycles. The van der Waals surface area contributed by atoms with Crippen molar-refractivity contribution in [3.63, 3.8) is 0 Å². The molecule has 10 heavy (non-hydrogen) atoms. The van der Waals surface area contributed by atoms with Crippen molar-refractivity contribution < 1.29 is 19.4 Å². The van der Waals surface area contributed by atoms with Crippen molar-refractivity contribution in [3.05, 3.63) is 26.0 Å². The van der Waals surface area contributed by atoms with Crippen molar-refractivity contribution in [2.45, 2.75) is 0 Å². The van der Waals surface area contributed by atoms with Crippen LogP contribution in [0.5, 0.6) is 0 Å². The standard InChI is InChI=1S/C4H6O4.C2H4/c1-2-7-3-8-4(5)6;1-2/h2H,1,3H2,(H,5,6);1-2H2. The molecule has 0 saturated carbocycles. The molecule has 0 heterocycles. The molecular formula is C6H10O4. The van der Waals surface area contributed by atoms with Gasteiger partial charge in [-0.05, 0) is 0 Å².